The summed E-state index contributed by atoms with van der Waals surface area (Å²) in [5.41, 5.74) is 0.612. The third-order valence-corrected chi connectivity index (χ3v) is 4.75. The zero-order valence-corrected chi connectivity index (χ0v) is 13.8. The molecule has 0 radical (unpaired) electrons. The number of imidazole rings is 1. The third-order valence-electron chi connectivity index (χ3n) is 4.39. The van der Waals surface area contributed by atoms with Crippen molar-refractivity contribution in [3.05, 3.63) is 53.3 Å². The van der Waals surface area contributed by atoms with E-state index in [4.69, 9.17) is 11.6 Å². The van der Waals surface area contributed by atoms with Crippen LogP contribution in [0, 0.1) is 5.82 Å². The van der Waals surface area contributed by atoms with E-state index in [0.717, 1.165) is 39.0 Å². The standard InChI is InChI=1S/C17H22ClFN4/c18-16-2-1-3-17(19)15(16)12-22-8-4-14(5-9-22)21-7-11-23-10-6-20-13-23/h1-3,6,10,13-14,21H,4-5,7-9,11-12H2. The summed E-state index contributed by atoms with van der Waals surface area (Å²) in [7, 11) is 0. The molecule has 1 aromatic heterocycles. The van der Waals surface area contributed by atoms with Crippen molar-refractivity contribution in [3.8, 4) is 0 Å². The number of hydrogen-bond donors (Lipinski definition) is 1. The number of benzene rings is 1. The van der Waals surface area contributed by atoms with Crippen LogP contribution in [0.25, 0.3) is 0 Å². The van der Waals surface area contributed by atoms with E-state index in [1.54, 1.807) is 18.3 Å². The highest BCUT2D eigenvalue weighted by Gasteiger charge is 2.20. The smallest absolute Gasteiger partial charge is 0.129 e. The second-order valence-corrected chi connectivity index (χ2v) is 6.41. The number of piperidine rings is 1. The van der Waals surface area contributed by atoms with Gasteiger partial charge in [-0.3, -0.25) is 4.90 Å². The number of aromatic nitrogens is 2. The van der Waals surface area contributed by atoms with E-state index in [2.05, 4.69) is 19.8 Å². The molecule has 0 atom stereocenters. The quantitative estimate of drug-likeness (QED) is 0.880. The first kappa shape index (κ1) is 16.4. The minimum atomic E-state index is -0.210. The molecule has 0 aliphatic carbocycles. The minimum Gasteiger partial charge on any atom is -0.336 e. The van der Waals surface area contributed by atoms with Crippen LogP contribution in [-0.2, 0) is 13.1 Å². The van der Waals surface area contributed by atoms with Gasteiger partial charge < -0.3 is 9.88 Å². The van der Waals surface area contributed by atoms with Crippen LogP contribution in [-0.4, -0.2) is 40.1 Å². The Bertz CT molecular complexity index is 589. The first-order valence-electron chi connectivity index (χ1n) is 8.07. The molecule has 0 saturated carbocycles. The van der Waals surface area contributed by atoms with Crippen molar-refractivity contribution >= 4 is 11.6 Å². The van der Waals surface area contributed by atoms with E-state index in [1.165, 1.54) is 6.07 Å². The molecule has 1 fully saturated rings. The van der Waals surface area contributed by atoms with Crippen molar-refractivity contribution in [2.75, 3.05) is 19.6 Å². The van der Waals surface area contributed by atoms with Gasteiger partial charge in [0, 0.05) is 48.7 Å². The summed E-state index contributed by atoms with van der Waals surface area (Å²) in [4.78, 5) is 6.31. The molecule has 4 nitrogen and oxygen atoms in total. The van der Waals surface area contributed by atoms with Gasteiger partial charge in [0.25, 0.3) is 0 Å². The van der Waals surface area contributed by atoms with Gasteiger partial charge in [-0.2, -0.15) is 0 Å². The molecule has 0 bridgehead atoms. The van der Waals surface area contributed by atoms with E-state index < -0.39 is 0 Å². The van der Waals surface area contributed by atoms with E-state index in [0.29, 0.717) is 23.2 Å². The van der Waals surface area contributed by atoms with Crippen LogP contribution in [0.5, 0.6) is 0 Å². The summed E-state index contributed by atoms with van der Waals surface area (Å²) in [5.74, 6) is -0.210. The fourth-order valence-electron chi connectivity index (χ4n) is 3.02. The molecule has 3 rings (SSSR count). The number of likely N-dealkylation sites (tertiary alicyclic amines) is 1. The third kappa shape index (κ3) is 4.53. The molecule has 6 heteroatoms. The van der Waals surface area contributed by atoms with Crippen molar-refractivity contribution in [2.24, 2.45) is 0 Å². The molecule has 2 heterocycles. The Morgan fingerprint density at radius 3 is 2.83 bits per heavy atom. The molecular weight excluding hydrogens is 315 g/mol. The number of nitrogens with one attached hydrogen (secondary N) is 1. The molecule has 1 aliphatic heterocycles. The maximum Gasteiger partial charge on any atom is 0.129 e. The maximum absolute atomic E-state index is 13.9. The Balaban J connectivity index is 1.41. The second-order valence-electron chi connectivity index (χ2n) is 6.01. The van der Waals surface area contributed by atoms with E-state index in [9.17, 15) is 4.39 Å². The van der Waals surface area contributed by atoms with Gasteiger partial charge in [0.05, 0.1) is 6.33 Å². The van der Waals surface area contributed by atoms with Gasteiger partial charge in [-0.15, -0.1) is 0 Å². The highest BCUT2D eigenvalue weighted by atomic mass is 35.5. The fraction of sp³-hybridized carbons (Fsp3) is 0.471. The van der Waals surface area contributed by atoms with Crippen LogP contribution in [0.2, 0.25) is 5.02 Å². The topological polar surface area (TPSA) is 33.1 Å². The predicted molar refractivity (Wildman–Crippen MR) is 89.9 cm³/mol. The van der Waals surface area contributed by atoms with Gasteiger partial charge in [-0.05, 0) is 38.1 Å². The average Bonchev–Trinajstić information content (AvgIpc) is 3.06. The van der Waals surface area contributed by atoms with Gasteiger partial charge in [-0.25, -0.2) is 9.37 Å². The molecular formula is C17H22ClFN4. The maximum atomic E-state index is 13.9. The molecule has 0 amide bonds. The van der Waals surface area contributed by atoms with Crippen molar-refractivity contribution in [2.45, 2.75) is 32.0 Å². The summed E-state index contributed by atoms with van der Waals surface area (Å²) in [6.07, 6.45) is 7.77. The van der Waals surface area contributed by atoms with Crippen molar-refractivity contribution < 1.29 is 4.39 Å². The SMILES string of the molecule is Fc1cccc(Cl)c1CN1CCC(NCCn2ccnc2)CC1. The van der Waals surface area contributed by atoms with Gasteiger partial charge >= 0.3 is 0 Å². The van der Waals surface area contributed by atoms with E-state index in [-0.39, 0.29) is 5.82 Å². The lowest BCUT2D eigenvalue weighted by Gasteiger charge is -2.32. The Morgan fingerprint density at radius 1 is 1.30 bits per heavy atom. The predicted octanol–water partition coefficient (Wildman–Crippen LogP) is 2.93. The summed E-state index contributed by atoms with van der Waals surface area (Å²) >= 11 is 6.11. The van der Waals surface area contributed by atoms with Gasteiger partial charge in [-0.1, -0.05) is 17.7 Å². The Hall–Kier alpha value is -1.43. The largest absolute Gasteiger partial charge is 0.336 e. The van der Waals surface area contributed by atoms with Crippen LogP contribution in [0.3, 0.4) is 0 Å². The lowest BCUT2D eigenvalue weighted by Crippen LogP contribution is -2.43. The number of halogens is 2. The monoisotopic (exact) mass is 336 g/mol. The Labute approximate surface area is 141 Å². The molecule has 1 N–H and O–H groups in total. The number of hydrogen-bond acceptors (Lipinski definition) is 3. The van der Waals surface area contributed by atoms with Crippen LogP contribution in [0.15, 0.2) is 36.9 Å². The molecule has 1 aromatic carbocycles. The van der Waals surface area contributed by atoms with Crippen LogP contribution in [0.1, 0.15) is 18.4 Å². The van der Waals surface area contributed by atoms with Crippen molar-refractivity contribution in [1.29, 1.82) is 0 Å². The molecule has 0 spiro atoms. The summed E-state index contributed by atoms with van der Waals surface area (Å²) in [5, 5.41) is 4.11. The van der Waals surface area contributed by atoms with Crippen LogP contribution >= 0.6 is 11.6 Å². The highest BCUT2D eigenvalue weighted by Crippen LogP contribution is 2.22. The molecule has 0 unspecified atom stereocenters. The Kier molecular flexibility index (Phi) is 5.65. The lowest BCUT2D eigenvalue weighted by molar-refractivity contribution is 0.188. The van der Waals surface area contributed by atoms with E-state index >= 15 is 0 Å². The average molecular weight is 337 g/mol. The Morgan fingerprint density at radius 2 is 2.13 bits per heavy atom. The summed E-state index contributed by atoms with van der Waals surface area (Å²) < 4.78 is 15.9. The van der Waals surface area contributed by atoms with Gasteiger partial charge in [0.2, 0.25) is 0 Å². The fourth-order valence-corrected chi connectivity index (χ4v) is 3.24. The summed E-state index contributed by atoms with van der Waals surface area (Å²) in [6.45, 7) is 4.40. The van der Waals surface area contributed by atoms with Crippen molar-refractivity contribution in [3.63, 3.8) is 0 Å². The molecule has 23 heavy (non-hydrogen) atoms. The molecule has 2 aromatic rings. The van der Waals surface area contributed by atoms with E-state index in [1.807, 2.05) is 12.5 Å². The molecule has 124 valence electrons. The zero-order valence-electron chi connectivity index (χ0n) is 13.1. The first-order chi connectivity index (χ1) is 11.2. The van der Waals surface area contributed by atoms with Crippen LogP contribution < -0.4 is 5.32 Å². The highest BCUT2D eigenvalue weighted by molar-refractivity contribution is 6.31. The normalized spacial score (nSPS) is 16.8. The van der Waals surface area contributed by atoms with Gasteiger partial charge in [0.15, 0.2) is 0 Å². The van der Waals surface area contributed by atoms with Crippen LogP contribution in [0.4, 0.5) is 4.39 Å². The number of rotatable bonds is 6. The number of nitrogens with zero attached hydrogens (tertiary/aromatic N) is 3. The minimum absolute atomic E-state index is 0.210. The summed E-state index contributed by atoms with van der Waals surface area (Å²) in [6, 6.07) is 5.42. The zero-order chi connectivity index (χ0) is 16.1. The van der Waals surface area contributed by atoms with Crippen molar-refractivity contribution in [1.82, 2.24) is 19.8 Å². The lowest BCUT2D eigenvalue weighted by atomic mass is 10.0. The first-order valence-corrected chi connectivity index (χ1v) is 8.44. The van der Waals surface area contributed by atoms with Gasteiger partial charge in [0.1, 0.15) is 5.82 Å². The molecule has 1 saturated heterocycles. The molecule has 1 aliphatic rings. The second kappa shape index (κ2) is 7.90.